The summed E-state index contributed by atoms with van der Waals surface area (Å²) in [6, 6.07) is 18.1. The van der Waals surface area contributed by atoms with E-state index in [2.05, 4.69) is 0 Å². The predicted molar refractivity (Wildman–Crippen MR) is 86.1 cm³/mol. The van der Waals surface area contributed by atoms with Gasteiger partial charge in [-0.2, -0.15) is 4.31 Å². The number of nitrogens with zero attached hydrogens (tertiary/aromatic N) is 1. The van der Waals surface area contributed by atoms with Crippen molar-refractivity contribution in [3.8, 4) is 0 Å². The molecule has 0 spiro atoms. The van der Waals surface area contributed by atoms with Crippen molar-refractivity contribution in [3.63, 3.8) is 0 Å². The van der Waals surface area contributed by atoms with E-state index in [1.54, 1.807) is 31.2 Å². The zero-order chi connectivity index (χ0) is 16.7. The number of carbonyl (C=O) groups is 1. The van der Waals surface area contributed by atoms with Crippen molar-refractivity contribution in [2.75, 3.05) is 7.11 Å². The first-order valence-electron chi connectivity index (χ1n) is 7.16. The van der Waals surface area contributed by atoms with Gasteiger partial charge in [0.1, 0.15) is 10.8 Å². The number of hydrogen-bond acceptors (Lipinski definition) is 4. The van der Waals surface area contributed by atoms with Gasteiger partial charge in [-0.05, 0) is 18.1 Å². The lowest BCUT2D eigenvalue weighted by Gasteiger charge is -2.54. The van der Waals surface area contributed by atoms with Gasteiger partial charge >= 0.3 is 6.09 Å². The molecule has 23 heavy (non-hydrogen) atoms. The topological polar surface area (TPSA) is 63.7 Å². The van der Waals surface area contributed by atoms with Crippen molar-refractivity contribution in [1.29, 1.82) is 0 Å². The van der Waals surface area contributed by atoms with E-state index in [1.165, 1.54) is 7.11 Å². The summed E-state index contributed by atoms with van der Waals surface area (Å²) in [4.78, 5) is 12.1. The van der Waals surface area contributed by atoms with Crippen LogP contribution in [0.1, 0.15) is 23.3 Å². The minimum Gasteiger partial charge on any atom is -0.452 e. The molecule has 0 unspecified atom stereocenters. The number of methoxy groups -OCH3 is 1. The van der Waals surface area contributed by atoms with Crippen molar-refractivity contribution >= 4 is 16.1 Å². The highest BCUT2D eigenvalue weighted by Gasteiger charge is 2.66. The molecule has 1 aliphatic rings. The van der Waals surface area contributed by atoms with E-state index in [4.69, 9.17) is 4.74 Å². The van der Waals surface area contributed by atoms with Gasteiger partial charge in [0.05, 0.1) is 7.11 Å². The molecule has 2 aromatic carbocycles. The summed E-state index contributed by atoms with van der Waals surface area (Å²) < 4.78 is 31.1. The molecule has 2 atom stereocenters. The van der Waals surface area contributed by atoms with E-state index in [0.29, 0.717) is 5.56 Å². The van der Waals surface area contributed by atoms with Gasteiger partial charge in [0.25, 0.3) is 10.0 Å². The highest BCUT2D eigenvalue weighted by molar-refractivity contribution is 7.91. The Morgan fingerprint density at radius 3 is 2.09 bits per heavy atom. The molecule has 0 bridgehead atoms. The largest absolute Gasteiger partial charge is 0.452 e. The Morgan fingerprint density at radius 2 is 1.57 bits per heavy atom. The van der Waals surface area contributed by atoms with Gasteiger partial charge in [0.2, 0.25) is 0 Å². The molecule has 3 rings (SSSR count). The van der Waals surface area contributed by atoms with Crippen LogP contribution in [0, 0.1) is 0 Å². The first-order chi connectivity index (χ1) is 10.9. The summed E-state index contributed by atoms with van der Waals surface area (Å²) in [7, 11) is -2.64. The minimum absolute atomic E-state index is 0.652. The first-order valence-corrected chi connectivity index (χ1v) is 8.67. The fourth-order valence-electron chi connectivity index (χ4n) is 3.26. The maximum atomic E-state index is 12.8. The van der Waals surface area contributed by atoms with Gasteiger partial charge in [-0.25, -0.2) is 13.2 Å². The van der Waals surface area contributed by atoms with Crippen molar-refractivity contribution in [2.24, 2.45) is 0 Å². The molecule has 1 saturated heterocycles. The summed E-state index contributed by atoms with van der Waals surface area (Å²) in [5.74, 6) is 0. The second-order valence-corrected chi connectivity index (χ2v) is 7.45. The minimum atomic E-state index is -3.82. The average molecular weight is 331 g/mol. The smallest absolute Gasteiger partial charge is 0.424 e. The Labute approximate surface area is 135 Å². The molecule has 2 aromatic rings. The van der Waals surface area contributed by atoms with Crippen LogP contribution in [0.4, 0.5) is 4.79 Å². The maximum Gasteiger partial charge on any atom is 0.424 e. The van der Waals surface area contributed by atoms with Crippen molar-refractivity contribution in [3.05, 3.63) is 71.8 Å². The molecule has 5 nitrogen and oxygen atoms in total. The highest BCUT2D eigenvalue weighted by Crippen LogP contribution is 2.56. The van der Waals surface area contributed by atoms with Gasteiger partial charge in [-0.15, -0.1) is 0 Å². The number of amides is 1. The summed E-state index contributed by atoms with van der Waals surface area (Å²) >= 11 is 0. The lowest BCUT2D eigenvalue weighted by molar-refractivity contribution is 0.0904. The van der Waals surface area contributed by atoms with Gasteiger partial charge in [0.15, 0.2) is 0 Å². The third-order valence-corrected chi connectivity index (χ3v) is 6.65. The number of sulfonamides is 1. The number of rotatable bonds is 2. The number of carbonyl (C=O) groups excluding carboxylic acids is 1. The van der Waals surface area contributed by atoms with E-state index in [0.717, 1.165) is 9.87 Å². The van der Waals surface area contributed by atoms with Crippen LogP contribution in [0.3, 0.4) is 0 Å². The zero-order valence-corrected chi connectivity index (χ0v) is 13.7. The Hall–Kier alpha value is -2.34. The third-order valence-electron chi connectivity index (χ3n) is 4.29. The van der Waals surface area contributed by atoms with E-state index < -0.39 is 26.9 Å². The molecule has 0 N–H and O–H groups in total. The number of hydrogen-bond donors (Lipinski definition) is 0. The second-order valence-electron chi connectivity index (χ2n) is 5.58. The quantitative estimate of drug-likeness (QED) is 0.848. The Morgan fingerprint density at radius 1 is 1.04 bits per heavy atom. The van der Waals surface area contributed by atoms with Crippen LogP contribution in [0.5, 0.6) is 0 Å². The molecule has 1 heterocycles. The van der Waals surface area contributed by atoms with Crippen molar-refractivity contribution in [1.82, 2.24) is 4.31 Å². The van der Waals surface area contributed by atoms with E-state index in [1.807, 2.05) is 36.4 Å². The fourth-order valence-corrected chi connectivity index (χ4v) is 5.66. The lowest BCUT2D eigenvalue weighted by atomic mass is 9.84. The van der Waals surface area contributed by atoms with Crippen LogP contribution < -0.4 is 0 Å². The summed E-state index contributed by atoms with van der Waals surface area (Å²) in [6.45, 7) is 1.75. The van der Waals surface area contributed by atoms with Crippen LogP contribution in [0.25, 0.3) is 0 Å². The van der Waals surface area contributed by atoms with Crippen LogP contribution in [0.2, 0.25) is 0 Å². The predicted octanol–water partition coefficient (Wildman–Crippen LogP) is 3.05. The van der Waals surface area contributed by atoms with E-state index in [-0.39, 0.29) is 0 Å². The van der Waals surface area contributed by atoms with Gasteiger partial charge < -0.3 is 4.74 Å². The molecule has 0 aromatic heterocycles. The van der Waals surface area contributed by atoms with E-state index >= 15 is 0 Å². The zero-order valence-electron chi connectivity index (χ0n) is 12.8. The SMILES string of the molecule is COC(=O)N1[C@](C)(c2ccccc2)[C@@H](c2ccccc2)S1(=O)=O. The molecule has 120 valence electrons. The second kappa shape index (κ2) is 5.38. The Kier molecular flexibility index (Phi) is 3.64. The van der Waals surface area contributed by atoms with Gasteiger partial charge in [0, 0.05) is 0 Å². The molecule has 0 saturated carbocycles. The molecular formula is C17H17NO4S. The van der Waals surface area contributed by atoms with Crippen LogP contribution in [-0.2, 0) is 20.3 Å². The summed E-state index contributed by atoms with van der Waals surface area (Å²) in [6.07, 6.45) is -0.872. The molecule has 0 radical (unpaired) electrons. The summed E-state index contributed by atoms with van der Waals surface area (Å²) in [5, 5.41) is -0.835. The molecule has 0 aliphatic carbocycles. The molecule has 6 heteroatoms. The van der Waals surface area contributed by atoms with Crippen LogP contribution >= 0.6 is 0 Å². The van der Waals surface area contributed by atoms with Crippen molar-refractivity contribution in [2.45, 2.75) is 17.7 Å². The molecule has 1 fully saturated rings. The van der Waals surface area contributed by atoms with Gasteiger partial charge in [-0.1, -0.05) is 60.7 Å². The van der Waals surface area contributed by atoms with Crippen LogP contribution in [0.15, 0.2) is 60.7 Å². The lowest BCUT2D eigenvalue weighted by Crippen LogP contribution is -2.66. The monoisotopic (exact) mass is 331 g/mol. The molecule has 1 aliphatic heterocycles. The maximum absolute atomic E-state index is 12.8. The highest BCUT2D eigenvalue weighted by atomic mass is 32.2. The standard InChI is InChI=1S/C17H17NO4S/c1-17(14-11-7-4-8-12-14)15(13-9-5-3-6-10-13)23(20,21)18(17)16(19)22-2/h3-12,15H,1-2H3/t15-,17-/m1/s1. The molecular weight excluding hydrogens is 314 g/mol. The fraction of sp³-hybridized carbons (Fsp3) is 0.235. The summed E-state index contributed by atoms with van der Waals surface area (Å²) in [5.41, 5.74) is 0.377. The van der Waals surface area contributed by atoms with Crippen LogP contribution in [-0.4, -0.2) is 25.9 Å². The number of ether oxygens (including phenoxy) is 1. The van der Waals surface area contributed by atoms with E-state index in [9.17, 15) is 13.2 Å². The molecule has 1 amide bonds. The van der Waals surface area contributed by atoms with Gasteiger partial charge in [-0.3, -0.25) is 0 Å². The third kappa shape index (κ3) is 2.13. The first kappa shape index (κ1) is 15.6. The average Bonchev–Trinajstić information content (AvgIpc) is 2.55. The normalized spacial score (nSPS) is 25.5. The van der Waals surface area contributed by atoms with Crippen molar-refractivity contribution < 1.29 is 17.9 Å². The Bertz CT molecular complexity index is 820. The number of benzene rings is 2. The Balaban J connectivity index is 2.20.